The standard InChI is InChI=1S/C22H26N2O3.C22H28N2O.C13H17NO.C11H14N2O2.C11H15N/c1-22(2,3)18-11-9-15(10-12-18)21(25)23-19-13-16-7-5-4-6-8-17(16)14-20(19)24(26)27;1-22(2,3)18-11-9-15(10-12-18)21(25)24-20-14-17-8-6-4-5-7-16(17)13-19(20)23;1-10(15)14-13-8-7-11-5-3-2-4-6-12(11)9-13;12-10-6-8-4-2-1-3-5-9(8)7-11(10)13(14)15;12-11-7-6-9-4-2-1-3-5-10(9)8-11/h9-14H,4-8H2,1-3H3,(H,23,25);9-14H,4-8,23H2,1-3H3,(H,24,25);7-9H,2-6H2,1H3,(H,14,15);6-7H,1-5,12H2;6-8H,1-5,12H2. The van der Waals surface area contributed by atoms with Gasteiger partial charge in [-0.05, 0) is 279 Å². The van der Waals surface area contributed by atoms with Crippen LogP contribution in [0.4, 0.5) is 45.5 Å². The molecule has 15 nitrogen and oxygen atoms in total. The highest BCUT2D eigenvalue weighted by molar-refractivity contribution is 6.06. The minimum absolute atomic E-state index is 0.00331. The quantitative estimate of drug-likeness (QED) is 0.0381. The van der Waals surface area contributed by atoms with Crippen molar-refractivity contribution in [1.82, 2.24) is 0 Å². The molecule has 5 aliphatic rings. The van der Waals surface area contributed by atoms with Crippen molar-refractivity contribution in [3.63, 3.8) is 0 Å². The Morgan fingerprint density at radius 3 is 1.10 bits per heavy atom. The number of benzene rings is 7. The zero-order chi connectivity index (χ0) is 67.5. The molecule has 0 saturated heterocycles. The summed E-state index contributed by atoms with van der Waals surface area (Å²) in [6.45, 7) is 14.4. The Labute approximate surface area is 557 Å². The van der Waals surface area contributed by atoms with Crippen molar-refractivity contribution in [3.8, 4) is 0 Å². The van der Waals surface area contributed by atoms with Gasteiger partial charge in [0, 0.05) is 41.6 Å². The average Bonchev–Trinajstić information content (AvgIpc) is 1.27. The number of carbonyl (C=O) groups excluding carboxylic acids is 3. The molecule has 0 bridgehead atoms. The number of hydrogen-bond acceptors (Lipinski definition) is 10. The second kappa shape index (κ2) is 33.3. The van der Waals surface area contributed by atoms with Crippen molar-refractivity contribution in [3.05, 3.63) is 219 Å². The molecule has 0 spiro atoms. The van der Waals surface area contributed by atoms with Gasteiger partial charge in [-0.2, -0.15) is 0 Å². The lowest BCUT2D eigenvalue weighted by Gasteiger charge is -2.19. The largest absolute Gasteiger partial charge is 0.399 e. The molecule has 0 fully saturated rings. The number of nitrogens with zero attached hydrogens (tertiary/aromatic N) is 2. The van der Waals surface area contributed by atoms with E-state index < -0.39 is 9.85 Å². The van der Waals surface area contributed by atoms with Crippen LogP contribution in [-0.2, 0) is 79.8 Å². The Morgan fingerprint density at radius 1 is 0.362 bits per heavy atom. The maximum atomic E-state index is 12.7. The molecule has 0 aromatic heterocycles. The normalized spacial score (nSPS) is 15.0. The van der Waals surface area contributed by atoms with Gasteiger partial charge < -0.3 is 33.2 Å². The summed E-state index contributed by atoms with van der Waals surface area (Å²) in [7, 11) is 0. The van der Waals surface area contributed by atoms with Crippen molar-refractivity contribution >= 4 is 63.2 Å². The maximum absolute atomic E-state index is 12.7. The van der Waals surface area contributed by atoms with E-state index in [0.29, 0.717) is 22.5 Å². The first-order chi connectivity index (χ1) is 44.9. The van der Waals surface area contributed by atoms with Gasteiger partial charge in [0.25, 0.3) is 23.2 Å². The number of fused-ring (bicyclic) bond motifs is 5. The molecule has 0 heterocycles. The summed E-state index contributed by atoms with van der Waals surface area (Å²) < 4.78 is 0. The van der Waals surface area contributed by atoms with Gasteiger partial charge in [0.2, 0.25) is 5.91 Å². The summed E-state index contributed by atoms with van der Waals surface area (Å²) in [5.41, 5.74) is 37.9. The molecular weight excluding hydrogens is 1170 g/mol. The molecule has 3 amide bonds. The highest BCUT2D eigenvalue weighted by Crippen LogP contribution is 2.35. The molecule has 9 N–H and O–H groups in total. The third-order valence-corrected chi connectivity index (χ3v) is 18.7. The van der Waals surface area contributed by atoms with Gasteiger partial charge in [-0.1, -0.05) is 110 Å². The van der Waals surface area contributed by atoms with Crippen molar-refractivity contribution in [1.29, 1.82) is 0 Å². The van der Waals surface area contributed by atoms with Crippen LogP contribution < -0.4 is 33.2 Å². The van der Waals surface area contributed by atoms with Crippen LogP contribution >= 0.6 is 0 Å². The van der Waals surface area contributed by atoms with Crippen LogP contribution in [-0.4, -0.2) is 27.6 Å². The van der Waals surface area contributed by atoms with Gasteiger partial charge in [0.15, 0.2) is 0 Å². The predicted octanol–water partition coefficient (Wildman–Crippen LogP) is 18.4. The lowest BCUT2D eigenvalue weighted by molar-refractivity contribution is -0.384. The first kappa shape index (κ1) is 71.0. The Hall–Kier alpha value is -8.85. The van der Waals surface area contributed by atoms with E-state index in [9.17, 15) is 34.6 Å². The number of aryl methyl sites for hydroxylation is 10. The number of rotatable bonds is 7. The Balaban J connectivity index is 0.000000156. The molecule has 5 aliphatic carbocycles. The number of nitrogens with two attached hydrogens (primary N) is 3. The molecule has 0 aliphatic heterocycles. The molecule has 15 heteroatoms. The number of anilines is 6. The molecule has 0 saturated carbocycles. The molecule has 0 radical (unpaired) electrons. The van der Waals surface area contributed by atoms with Crippen molar-refractivity contribution < 1.29 is 24.2 Å². The van der Waals surface area contributed by atoms with E-state index in [1.54, 1.807) is 43.3 Å². The second-order valence-corrected chi connectivity index (χ2v) is 28.1. The van der Waals surface area contributed by atoms with Gasteiger partial charge >= 0.3 is 0 Å². The Kier molecular flexibility index (Phi) is 25.2. The lowest BCUT2D eigenvalue weighted by Crippen LogP contribution is -2.15. The van der Waals surface area contributed by atoms with Gasteiger partial charge in [-0.25, -0.2) is 0 Å². The van der Waals surface area contributed by atoms with E-state index in [1.165, 1.54) is 128 Å². The first-order valence-corrected chi connectivity index (χ1v) is 34.3. The summed E-state index contributed by atoms with van der Waals surface area (Å²) >= 11 is 0. The van der Waals surface area contributed by atoms with Crippen molar-refractivity contribution in [2.24, 2.45) is 0 Å². The summed E-state index contributed by atoms with van der Waals surface area (Å²) in [6.07, 6.45) is 29.0. The van der Waals surface area contributed by atoms with E-state index in [4.69, 9.17) is 17.2 Å². The van der Waals surface area contributed by atoms with Gasteiger partial charge in [0.05, 0.1) is 21.2 Å². The molecule has 7 aromatic rings. The van der Waals surface area contributed by atoms with Gasteiger partial charge in [-0.15, -0.1) is 0 Å². The van der Waals surface area contributed by atoms with Crippen LogP contribution in [0, 0.1) is 20.2 Å². The minimum Gasteiger partial charge on any atom is -0.399 e. The third kappa shape index (κ3) is 20.6. The molecule has 0 unspecified atom stereocenters. The number of nitrogens with one attached hydrogen (secondary N) is 3. The highest BCUT2D eigenvalue weighted by atomic mass is 16.6. The Morgan fingerprint density at radius 2 is 0.691 bits per heavy atom. The monoisotopic (exact) mass is 1270 g/mol. The molecule has 12 rings (SSSR count). The van der Waals surface area contributed by atoms with Gasteiger partial charge in [-0.3, -0.25) is 34.6 Å². The molecule has 0 atom stereocenters. The summed E-state index contributed by atoms with van der Waals surface area (Å²) in [5, 5.41) is 30.8. The molecular formula is C79H100N8O7. The molecule has 94 heavy (non-hydrogen) atoms. The van der Waals surface area contributed by atoms with E-state index in [-0.39, 0.29) is 45.6 Å². The summed E-state index contributed by atoms with van der Waals surface area (Å²) in [5.74, 6) is -0.434. The predicted molar refractivity (Wildman–Crippen MR) is 386 cm³/mol. The number of nitrogen functional groups attached to an aromatic ring is 3. The average molecular weight is 1270 g/mol. The van der Waals surface area contributed by atoms with Crippen LogP contribution in [0.2, 0.25) is 0 Å². The van der Waals surface area contributed by atoms with Crippen LogP contribution in [0.5, 0.6) is 0 Å². The first-order valence-electron chi connectivity index (χ1n) is 34.3. The van der Waals surface area contributed by atoms with Crippen molar-refractivity contribution in [2.75, 3.05) is 33.2 Å². The number of hydrogen-bond donors (Lipinski definition) is 6. The SMILES string of the molecule is CC(=O)Nc1ccc2c(c1)CCCCC2.CC(C)(C)c1ccc(C(=O)Nc2cc3c(cc2N)CCCCC3)cc1.CC(C)(C)c1ccc(C(=O)Nc2cc3c(cc2[N+](=O)[O-])CCCCC3)cc1.Nc1cc2c(cc1[N+](=O)[O-])CCCCC2.Nc1ccc2c(c1)CCCCC2. The van der Waals surface area contributed by atoms with Crippen LogP contribution in [0.15, 0.2) is 121 Å². The zero-order valence-corrected chi connectivity index (χ0v) is 56.7. The number of nitro benzene ring substituents is 2. The highest BCUT2D eigenvalue weighted by Gasteiger charge is 2.24. The zero-order valence-electron chi connectivity index (χ0n) is 56.7. The number of amides is 3. The van der Waals surface area contributed by atoms with Crippen LogP contribution in [0.3, 0.4) is 0 Å². The summed E-state index contributed by atoms with van der Waals surface area (Å²) in [6, 6.07) is 38.8. The van der Waals surface area contributed by atoms with E-state index >= 15 is 0 Å². The van der Waals surface area contributed by atoms with E-state index in [1.807, 2.05) is 54.6 Å². The lowest BCUT2D eigenvalue weighted by atomic mass is 9.86. The third-order valence-electron chi connectivity index (χ3n) is 18.7. The minimum atomic E-state index is -0.413. The topological polar surface area (TPSA) is 252 Å². The molecule has 7 aromatic carbocycles. The molecule has 498 valence electrons. The smallest absolute Gasteiger partial charge is 0.293 e. The number of carbonyl (C=O) groups is 3. The summed E-state index contributed by atoms with van der Waals surface area (Å²) in [4.78, 5) is 57.6. The van der Waals surface area contributed by atoms with E-state index in [2.05, 4.69) is 87.8 Å². The fraction of sp³-hybridized carbons (Fsp3) is 0.430. The fourth-order valence-corrected chi connectivity index (χ4v) is 13.2. The van der Waals surface area contributed by atoms with Crippen molar-refractivity contribution in [2.45, 2.75) is 220 Å². The fourth-order valence-electron chi connectivity index (χ4n) is 13.2. The second-order valence-electron chi connectivity index (χ2n) is 28.1. The van der Waals surface area contributed by atoms with Crippen LogP contribution in [0.25, 0.3) is 0 Å². The van der Waals surface area contributed by atoms with E-state index in [0.717, 1.165) is 116 Å². The van der Waals surface area contributed by atoms with Crippen LogP contribution in [0.1, 0.15) is 232 Å². The maximum Gasteiger partial charge on any atom is 0.293 e. The number of nitro groups is 2. The Bertz CT molecular complexity index is 3790. The van der Waals surface area contributed by atoms with Gasteiger partial charge in [0.1, 0.15) is 11.4 Å².